The summed E-state index contributed by atoms with van der Waals surface area (Å²) in [4.78, 5) is 9.32. The van der Waals surface area contributed by atoms with Gasteiger partial charge in [0.05, 0.1) is 19.9 Å². The number of aliphatic imine (C=N–C) groups is 1. The quantitative estimate of drug-likeness (QED) is 0.441. The Balaban J connectivity index is 1.79. The number of guanidine groups is 1. The number of anilines is 1. The van der Waals surface area contributed by atoms with Gasteiger partial charge >= 0.3 is 0 Å². The van der Waals surface area contributed by atoms with E-state index in [4.69, 9.17) is 15.2 Å². The summed E-state index contributed by atoms with van der Waals surface area (Å²) in [6.45, 7) is 6.40. The average Bonchev–Trinajstić information content (AvgIpc) is 2.83. The van der Waals surface area contributed by atoms with Crippen molar-refractivity contribution in [2.45, 2.75) is 12.8 Å². The second kappa shape index (κ2) is 10.1. The molecule has 1 aliphatic rings. The zero-order valence-corrected chi connectivity index (χ0v) is 15.6. The molecule has 0 spiro atoms. The molecule has 0 aromatic heterocycles. The van der Waals surface area contributed by atoms with Crippen molar-refractivity contribution in [1.29, 1.82) is 0 Å². The van der Waals surface area contributed by atoms with E-state index < -0.39 is 0 Å². The first-order valence-corrected chi connectivity index (χ1v) is 8.82. The van der Waals surface area contributed by atoms with Crippen LogP contribution in [-0.2, 0) is 0 Å². The van der Waals surface area contributed by atoms with Gasteiger partial charge in [-0.1, -0.05) is 0 Å². The van der Waals surface area contributed by atoms with Gasteiger partial charge in [0.2, 0.25) is 0 Å². The molecule has 7 heteroatoms. The highest BCUT2D eigenvalue weighted by atomic mass is 16.5. The second-order valence-electron chi connectivity index (χ2n) is 6.31. The lowest BCUT2D eigenvalue weighted by molar-refractivity contribution is 0.275. The van der Waals surface area contributed by atoms with Crippen LogP contribution >= 0.6 is 0 Å². The van der Waals surface area contributed by atoms with Crippen molar-refractivity contribution in [3.8, 4) is 11.5 Å². The SMILES string of the molecule is COc1ccc(OC)c(NC(N)=NCCCN2CCCN(C)CC2)c1. The second-order valence-corrected chi connectivity index (χ2v) is 6.31. The average molecular weight is 349 g/mol. The maximum atomic E-state index is 6.01. The van der Waals surface area contributed by atoms with Crippen molar-refractivity contribution in [3.63, 3.8) is 0 Å². The molecule has 0 saturated carbocycles. The van der Waals surface area contributed by atoms with Crippen LogP contribution in [0, 0.1) is 0 Å². The zero-order chi connectivity index (χ0) is 18.1. The van der Waals surface area contributed by atoms with Crippen molar-refractivity contribution in [2.75, 3.05) is 65.9 Å². The van der Waals surface area contributed by atoms with Gasteiger partial charge in [0, 0.05) is 25.7 Å². The maximum absolute atomic E-state index is 6.01. The third kappa shape index (κ3) is 6.43. The summed E-state index contributed by atoms with van der Waals surface area (Å²) in [5, 5.41) is 3.09. The number of hydrogen-bond donors (Lipinski definition) is 2. The van der Waals surface area contributed by atoms with Gasteiger partial charge in [0.15, 0.2) is 5.96 Å². The first-order valence-electron chi connectivity index (χ1n) is 8.82. The summed E-state index contributed by atoms with van der Waals surface area (Å²) < 4.78 is 10.6. The molecule has 0 aliphatic carbocycles. The molecule has 0 unspecified atom stereocenters. The number of nitrogens with zero attached hydrogens (tertiary/aromatic N) is 3. The standard InChI is InChI=1S/C18H31N5O2/c1-22-9-5-11-23(13-12-22)10-4-8-20-18(19)21-16-14-15(24-2)6-7-17(16)25-3/h6-7,14H,4-5,8-13H2,1-3H3,(H3,19,20,21). The van der Waals surface area contributed by atoms with Crippen LogP contribution in [0.1, 0.15) is 12.8 Å². The van der Waals surface area contributed by atoms with Crippen LogP contribution in [0.15, 0.2) is 23.2 Å². The Morgan fingerprint density at radius 3 is 2.80 bits per heavy atom. The van der Waals surface area contributed by atoms with Gasteiger partial charge in [0.1, 0.15) is 11.5 Å². The molecule has 25 heavy (non-hydrogen) atoms. The molecule has 1 fully saturated rings. The lowest BCUT2D eigenvalue weighted by Gasteiger charge is -2.19. The van der Waals surface area contributed by atoms with E-state index in [1.165, 1.54) is 19.5 Å². The van der Waals surface area contributed by atoms with E-state index in [-0.39, 0.29) is 0 Å². The van der Waals surface area contributed by atoms with Crippen LogP contribution in [0.4, 0.5) is 5.69 Å². The Hall–Kier alpha value is -1.99. The van der Waals surface area contributed by atoms with Gasteiger partial charge in [-0.25, -0.2) is 0 Å². The molecule has 3 N–H and O–H groups in total. The highest BCUT2D eigenvalue weighted by molar-refractivity contribution is 5.93. The van der Waals surface area contributed by atoms with E-state index in [0.717, 1.165) is 37.5 Å². The van der Waals surface area contributed by atoms with Crippen LogP contribution in [0.2, 0.25) is 0 Å². The van der Waals surface area contributed by atoms with Crippen LogP contribution < -0.4 is 20.5 Å². The van der Waals surface area contributed by atoms with E-state index in [0.29, 0.717) is 18.3 Å². The molecule has 2 rings (SSSR count). The molecule has 1 aromatic carbocycles. The smallest absolute Gasteiger partial charge is 0.193 e. The molecule has 140 valence electrons. The normalized spacial score (nSPS) is 17.2. The minimum atomic E-state index is 0.391. The Kier molecular flexibility index (Phi) is 7.81. The predicted molar refractivity (Wildman–Crippen MR) is 103 cm³/mol. The third-order valence-corrected chi connectivity index (χ3v) is 4.40. The van der Waals surface area contributed by atoms with Gasteiger partial charge in [-0.3, -0.25) is 4.99 Å². The van der Waals surface area contributed by atoms with Gasteiger partial charge in [-0.15, -0.1) is 0 Å². The first-order chi connectivity index (χ1) is 12.1. The predicted octanol–water partition coefficient (Wildman–Crippen LogP) is 1.46. The monoisotopic (exact) mass is 349 g/mol. The Morgan fingerprint density at radius 2 is 2.04 bits per heavy atom. The largest absolute Gasteiger partial charge is 0.497 e. The Labute approximate surface area is 150 Å². The molecule has 0 atom stereocenters. The molecular weight excluding hydrogens is 318 g/mol. The van der Waals surface area contributed by atoms with Crippen molar-refractivity contribution in [3.05, 3.63) is 18.2 Å². The fourth-order valence-corrected chi connectivity index (χ4v) is 2.91. The van der Waals surface area contributed by atoms with Crippen molar-refractivity contribution in [2.24, 2.45) is 10.7 Å². The Bertz CT molecular complexity index is 564. The van der Waals surface area contributed by atoms with Gasteiger partial charge < -0.3 is 30.3 Å². The lowest BCUT2D eigenvalue weighted by atomic mass is 10.2. The summed E-state index contributed by atoms with van der Waals surface area (Å²) in [5.41, 5.74) is 6.75. The Morgan fingerprint density at radius 1 is 1.20 bits per heavy atom. The van der Waals surface area contributed by atoms with E-state index in [9.17, 15) is 0 Å². The number of rotatable bonds is 7. The van der Waals surface area contributed by atoms with Crippen LogP contribution in [0.5, 0.6) is 11.5 Å². The number of methoxy groups -OCH3 is 2. The summed E-state index contributed by atoms with van der Waals surface area (Å²) in [6.07, 6.45) is 2.24. The molecule has 0 radical (unpaired) electrons. The van der Waals surface area contributed by atoms with Crippen LogP contribution in [0.3, 0.4) is 0 Å². The molecule has 1 aromatic rings. The fraction of sp³-hybridized carbons (Fsp3) is 0.611. The van der Waals surface area contributed by atoms with E-state index >= 15 is 0 Å². The van der Waals surface area contributed by atoms with E-state index in [1.807, 2.05) is 18.2 Å². The summed E-state index contributed by atoms with van der Waals surface area (Å²) in [6, 6.07) is 5.52. The minimum absolute atomic E-state index is 0.391. The number of nitrogens with one attached hydrogen (secondary N) is 1. The summed E-state index contributed by atoms with van der Waals surface area (Å²) in [5.74, 6) is 1.83. The van der Waals surface area contributed by atoms with Crippen molar-refractivity contribution >= 4 is 11.6 Å². The lowest BCUT2D eigenvalue weighted by Crippen LogP contribution is -2.30. The molecule has 0 bridgehead atoms. The van der Waals surface area contributed by atoms with Crippen LogP contribution in [0.25, 0.3) is 0 Å². The molecule has 1 aliphatic heterocycles. The molecule has 1 heterocycles. The van der Waals surface area contributed by atoms with E-state index in [2.05, 4.69) is 27.2 Å². The first kappa shape index (κ1) is 19.3. The number of nitrogens with two attached hydrogens (primary N) is 1. The summed E-state index contributed by atoms with van der Waals surface area (Å²) >= 11 is 0. The number of ether oxygens (including phenoxy) is 2. The number of likely N-dealkylation sites (N-methyl/N-ethyl adjacent to an activating group) is 1. The topological polar surface area (TPSA) is 75.3 Å². The fourth-order valence-electron chi connectivity index (χ4n) is 2.91. The van der Waals surface area contributed by atoms with Crippen molar-refractivity contribution in [1.82, 2.24) is 9.80 Å². The molecule has 0 amide bonds. The number of hydrogen-bond acceptors (Lipinski definition) is 5. The highest BCUT2D eigenvalue weighted by Crippen LogP contribution is 2.28. The zero-order valence-electron chi connectivity index (χ0n) is 15.6. The maximum Gasteiger partial charge on any atom is 0.193 e. The van der Waals surface area contributed by atoms with E-state index in [1.54, 1.807) is 14.2 Å². The molecular formula is C18H31N5O2. The summed E-state index contributed by atoms with van der Waals surface area (Å²) in [7, 11) is 5.44. The number of benzene rings is 1. The minimum Gasteiger partial charge on any atom is -0.497 e. The van der Waals surface area contributed by atoms with Gasteiger partial charge in [-0.05, 0) is 51.7 Å². The highest BCUT2D eigenvalue weighted by Gasteiger charge is 2.11. The third-order valence-electron chi connectivity index (χ3n) is 4.40. The van der Waals surface area contributed by atoms with Crippen LogP contribution in [-0.4, -0.2) is 76.3 Å². The van der Waals surface area contributed by atoms with Gasteiger partial charge in [0.25, 0.3) is 0 Å². The molecule has 1 saturated heterocycles. The van der Waals surface area contributed by atoms with Crippen molar-refractivity contribution < 1.29 is 9.47 Å². The van der Waals surface area contributed by atoms with Gasteiger partial charge in [-0.2, -0.15) is 0 Å². The molecule has 7 nitrogen and oxygen atoms in total.